The average Bonchev–Trinajstić information content (AvgIpc) is 2.85. The zero-order chi connectivity index (χ0) is 22.9. The number of para-hydroxylation sites is 2. The number of nitrogens with zero attached hydrogens (tertiary/aromatic N) is 1. The summed E-state index contributed by atoms with van der Waals surface area (Å²) < 4.78 is 11.4. The third-order valence-electron chi connectivity index (χ3n) is 5.38. The first kappa shape index (κ1) is 22.2. The van der Waals surface area contributed by atoms with Crippen LogP contribution in [-0.4, -0.2) is 42.6 Å². The van der Waals surface area contributed by atoms with E-state index in [1.807, 2.05) is 72.8 Å². The van der Waals surface area contributed by atoms with Crippen LogP contribution in [0.15, 0.2) is 84.9 Å². The van der Waals surface area contributed by atoms with E-state index in [0.717, 1.165) is 11.4 Å². The van der Waals surface area contributed by atoms with Crippen LogP contribution in [0.3, 0.4) is 0 Å². The molecule has 0 aliphatic carbocycles. The topological polar surface area (TPSA) is 79.9 Å². The standard InChI is InChI=1S/C26H27N3O4/c30-25(19-32-22-11-13-24(14-12-22)33-23-9-5-2-6-10-23)29-17-15-21(16-18-29)28-26(31)27-20-7-3-1-4-8-20/h1-14,21H,15-19H2,(H2,27,28,31). The molecule has 3 aromatic rings. The van der Waals surface area contributed by atoms with Gasteiger partial charge in [-0.05, 0) is 61.4 Å². The molecule has 3 amide bonds. The van der Waals surface area contributed by atoms with Crippen molar-refractivity contribution in [3.63, 3.8) is 0 Å². The Labute approximate surface area is 193 Å². The molecule has 7 nitrogen and oxygen atoms in total. The van der Waals surface area contributed by atoms with Crippen LogP contribution in [0.5, 0.6) is 17.2 Å². The molecule has 1 saturated heterocycles. The molecule has 33 heavy (non-hydrogen) atoms. The van der Waals surface area contributed by atoms with E-state index in [0.29, 0.717) is 37.4 Å². The zero-order valence-electron chi connectivity index (χ0n) is 18.3. The summed E-state index contributed by atoms with van der Waals surface area (Å²) >= 11 is 0. The van der Waals surface area contributed by atoms with Gasteiger partial charge in [-0.2, -0.15) is 0 Å². The highest BCUT2D eigenvalue weighted by molar-refractivity contribution is 5.89. The molecule has 0 atom stereocenters. The highest BCUT2D eigenvalue weighted by Gasteiger charge is 2.24. The second-order valence-electron chi connectivity index (χ2n) is 7.79. The lowest BCUT2D eigenvalue weighted by Crippen LogP contribution is -2.48. The fraction of sp³-hybridized carbons (Fsp3) is 0.231. The van der Waals surface area contributed by atoms with E-state index < -0.39 is 0 Å². The second kappa shape index (κ2) is 11.0. The van der Waals surface area contributed by atoms with Crippen molar-refractivity contribution in [1.82, 2.24) is 10.2 Å². The number of anilines is 1. The van der Waals surface area contributed by atoms with Crippen molar-refractivity contribution < 1.29 is 19.1 Å². The number of hydrogen-bond acceptors (Lipinski definition) is 4. The number of benzene rings is 3. The van der Waals surface area contributed by atoms with Gasteiger partial charge in [0.05, 0.1) is 0 Å². The van der Waals surface area contributed by atoms with Gasteiger partial charge < -0.3 is 25.0 Å². The second-order valence-corrected chi connectivity index (χ2v) is 7.79. The van der Waals surface area contributed by atoms with Gasteiger partial charge in [-0.3, -0.25) is 4.79 Å². The number of rotatable bonds is 7. The Bertz CT molecular complexity index is 1030. The minimum atomic E-state index is -0.228. The van der Waals surface area contributed by atoms with Crippen LogP contribution in [0, 0.1) is 0 Å². The van der Waals surface area contributed by atoms with Crippen LogP contribution in [0.1, 0.15) is 12.8 Å². The van der Waals surface area contributed by atoms with Crippen molar-refractivity contribution in [1.29, 1.82) is 0 Å². The molecule has 0 unspecified atom stereocenters. The maximum Gasteiger partial charge on any atom is 0.319 e. The predicted octanol–water partition coefficient (Wildman–Crippen LogP) is 4.67. The minimum Gasteiger partial charge on any atom is -0.484 e. The van der Waals surface area contributed by atoms with Gasteiger partial charge in [-0.25, -0.2) is 4.79 Å². The fourth-order valence-corrected chi connectivity index (χ4v) is 3.61. The molecule has 170 valence electrons. The number of carbonyl (C=O) groups excluding carboxylic acids is 2. The quantitative estimate of drug-likeness (QED) is 0.554. The molecule has 0 aromatic heterocycles. The van der Waals surface area contributed by atoms with Gasteiger partial charge in [-0.1, -0.05) is 36.4 Å². The SMILES string of the molecule is O=C(Nc1ccccc1)NC1CCN(C(=O)COc2ccc(Oc3ccccc3)cc2)CC1. The Morgan fingerprint density at radius 3 is 2.03 bits per heavy atom. The Hall–Kier alpha value is -4.00. The molecular weight excluding hydrogens is 418 g/mol. The molecule has 1 aliphatic heterocycles. The summed E-state index contributed by atoms with van der Waals surface area (Å²) in [6, 6.07) is 25.8. The van der Waals surface area contributed by atoms with E-state index in [9.17, 15) is 9.59 Å². The van der Waals surface area contributed by atoms with E-state index in [-0.39, 0.29) is 24.6 Å². The monoisotopic (exact) mass is 445 g/mol. The predicted molar refractivity (Wildman–Crippen MR) is 127 cm³/mol. The van der Waals surface area contributed by atoms with E-state index in [1.165, 1.54) is 0 Å². The molecule has 0 bridgehead atoms. The number of piperidine rings is 1. The Balaban J connectivity index is 1.17. The number of carbonyl (C=O) groups is 2. The van der Waals surface area contributed by atoms with Gasteiger partial charge in [-0.15, -0.1) is 0 Å². The van der Waals surface area contributed by atoms with Gasteiger partial charge in [0.1, 0.15) is 17.2 Å². The van der Waals surface area contributed by atoms with Crippen LogP contribution in [0.2, 0.25) is 0 Å². The van der Waals surface area contributed by atoms with E-state index in [2.05, 4.69) is 10.6 Å². The van der Waals surface area contributed by atoms with Crippen molar-refractivity contribution in [2.24, 2.45) is 0 Å². The van der Waals surface area contributed by atoms with Crippen molar-refractivity contribution in [3.05, 3.63) is 84.9 Å². The van der Waals surface area contributed by atoms with E-state index in [4.69, 9.17) is 9.47 Å². The van der Waals surface area contributed by atoms with E-state index in [1.54, 1.807) is 17.0 Å². The average molecular weight is 446 g/mol. The molecule has 7 heteroatoms. The Morgan fingerprint density at radius 2 is 1.36 bits per heavy atom. The third-order valence-corrected chi connectivity index (χ3v) is 5.38. The van der Waals surface area contributed by atoms with Crippen LogP contribution in [0.4, 0.5) is 10.5 Å². The Morgan fingerprint density at radius 1 is 0.788 bits per heavy atom. The first-order valence-electron chi connectivity index (χ1n) is 11.0. The number of nitrogens with one attached hydrogen (secondary N) is 2. The maximum atomic E-state index is 12.5. The lowest BCUT2D eigenvalue weighted by molar-refractivity contribution is -0.134. The Kier molecular flexibility index (Phi) is 7.43. The summed E-state index contributed by atoms with van der Waals surface area (Å²) in [5.74, 6) is 2.01. The third kappa shape index (κ3) is 6.74. The van der Waals surface area contributed by atoms with Crippen LogP contribution in [0.25, 0.3) is 0 Å². The first-order valence-corrected chi connectivity index (χ1v) is 11.0. The molecule has 4 rings (SSSR count). The minimum absolute atomic E-state index is 0.0223. The molecular formula is C26H27N3O4. The summed E-state index contributed by atoms with van der Waals surface area (Å²) in [6.45, 7) is 1.15. The summed E-state index contributed by atoms with van der Waals surface area (Å²) in [5.41, 5.74) is 0.749. The number of hydrogen-bond donors (Lipinski definition) is 2. The number of likely N-dealkylation sites (tertiary alicyclic amines) is 1. The fourth-order valence-electron chi connectivity index (χ4n) is 3.61. The largest absolute Gasteiger partial charge is 0.484 e. The van der Waals surface area contributed by atoms with E-state index >= 15 is 0 Å². The smallest absolute Gasteiger partial charge is 0.319 e. The molecule has 0 saturated carbocycles. The summed E-state index contributed by atoms with van der Waals surface area (Å²) in [6.07, 6.45) is 1.42. The van der Waals surface area contributed by atoms with Gasteiger partial charge in [0, 0.05) is 24.8 Å². The summed E-state index contributed by atoms with van der Waals surface area (Å²) in [4.78, 5) is 26.5. The number of ether oxygens (including phenoxy) is 2. The van der Waals surface area contributed by atoms with Gasteiger partial charge in [0.25, 0.3) is 5.91 Å². The molecule has 0 radical (unpaired) electrons. The zero-order valence-corrected chi connectivity index (χ0v) is 18.3. The number of amides is 3. The highest BCUT2D eigenvalue weighted by atomic mass is 16.5. The summed E-state index contributed by atoms with van der Waals surface area (Å²) in [5, 5.41) is 5.80. The normalized spacial score (nSPS) is 13.8. The molecule has 1 aliphatic rings. The maximum absolute atomic E-state index is 12.5. The summed E-state index contributed by atoms with van der Waals surface area (Å²) in [7, 11) is 0. The lowest BCUT2D eigenvalue weighted by atomic mass is 10.1. The first-order chi connectivity index (χ1) is 16.2. The lowest BCUT2D eigenvalue weighted by Gasteiger charge is -2.32. The van der Waals surface area contributed by atoms with Crippen LogP contribution >= 0.6 is 0 Å². The molecule has 3 aromatic carbocycles. The van der Waals surface area contributed by atoms with Crippen LogP contribution < -0.4 is 20.1 Å². The van der Waals surface area contributed by atoms with Crippen molar-refractivity contribution >= 4 is 17.6 Å². The molecule has 1 heterocycles. The van der Waals surface area contributed by atoms with Crippen molar-refractivity contribution in [3.8, 4) is 17.2 Å². The van der Waals surface area contributed by atoms with Crippen LogP contribution in [-0.2, 0) is 4.79 Å². The van der Waals surface area contributed by atoms with Crippen molar-refractivity contribution in [2.75, 3.05) is 25.0 Å². The van der Waals surface area contributed by atoms with Gasteiger partial charge in [0.2, 0.25) is 0 Å². The molecule has 1 fully saturated rings. The van der Waals surface area contributed by atoms with Gasteiger partial charge in [0.15, 0.2) is 6.61 Å². The van der Waals surface area contributed by atoms with Gasteiger partial charge >= 0.3 is 6.03 Å². The molecule has 0 spiro atoms. The highest BCUT2D eigenvalue weighted by Crippen LogP contribution is 2.23. The molecule has 2 N–H and O–H groups in total. The number of urea groups is 1. The van der Waals surface area contributed by atoms with Crippen molar-refractivity contribution in [2.45, 2.75) is 18.9 Å².